The van der Waals surface area contributed by atoms with E-state index in [0.717, 1.165) is 6.08 Å². The average molecular weight is 175 g/mol. The van der Waals surface area contributed by atoms with Crippen molar-refractivity contribution >= 4 is 5.97 Å². The summed E-state index contributed by atoms with van der Waals surface area (Å²) < 4.78 is 0. The van der Waals surface area contributed by atoms with E-state index < -0.39 is 5.97 Å². The fourth-order valence-electron chi connectivity index (χ4n) is 0. The predicted molar refractivity (Wildman–Crippen MR) is 17.8 cm³/mol. The van der Waals surface area contributed by atoms with Gasteiger partial charge in [-0.05, 0) is 0 Å². The van der Waals surface area contributed by atoms with Crippen LogP contribution < -0.4 is 0 Å². The van der Waals surface area contributed by atoms with E-state index in [4.69, 9.17) is 5.11 Å². The Kier molecular flexibility index (Phi) is 7.47. The maximum atomic E-state index is 9.25. The van der Waals surface area contributed by atoms with E-state index >= 15 is 0 Å². The number of rotatable bonds is 1. The third-order valence-electron chi connectivity index (χ3n) is 0.175. The molecule has 0 rings (SSSR count). The summed E-state index contributed by atoms with van der Waals surface area (Å²) >= 11 is 0. The van der Waals surface area contributed by atoms with Gasteiger partial charge in [-0.3, -0.25) is 0 Å². The van der Waals surface area contributed by atoms with Crippen molar-refractivity contribution in [2.75, 3.05) is 0 Å². The van der Waals surface area contributed by atoms with Gasteiger partial charge < -0.3 is 5.11 Å². The molecular weight excluding hydrogens is 171 g/mol. The molecule has 1 N–H and O–H groups in total. The molecule has 0 aliphatic heterocycles. The predicted octanol–water partition coefficient (Wildman–Crippen LogP) is 0.254. The average Bonchev–Trinajstić information content (AvgIpc) is 1.38. The quantitative estimate of drug-likeness (QED) is 0.458. The normalized spacial score (nSPS) is 5.33. The summed E-state index contributed by atoms with van der Waals surface area (Å²) in [5.41, 5.74) is 0. The van der Waals surface area contributed by atoms with Gasteiger partial charge in [0.1, 0.15) is 0 Å². The van der Waals surface area contributed by atoms with Crippen molar-refractivity contribution in [2.45, 2.75) is 0 Å². The first-order chi connectivity index (χ1) is 2.27. The molecular formula is C3H4O2Rh. The fraction of sp³-hybridized carbons (Fsp3) is 0. The Hall–Kier alpha value is -0.167. The number of carbonyl (C=O) groups is 1. The minimum absolute atomic E-state index is 0. The molecule has 0 aliphatic rings. The van der Waals surface area contributed by atoms with Gasteiger partial charge in [-0.15, -0.1) is 0 Å². The van der Waals surface area contributed by atoms with E-state index in [0.29, 0.717) is 0 Å². The van der Waals surface area contributed by atoms with Crippen LogP contribution in [-0.2, 0) is 24.3 Å². The summed E-state index contributed by atoms with van der Waals surface area (Å²) in [7, 11) is 0. The molecule has 6 heavy (non-hydrogen) atoms. The second-order valence-electron chi connectivity index (χ2n) is 0.542. The Balaban J connectivity index is 0. The number of aliphatic carboxylic acids is 1. The maximum absolute atomic E-state index is 9.25. The molecule has 1 radical (unpaired) electrons. The van der Waals surface area contributed by atoms with Gasteiger partial charge in [0.25, 0.3) is 0 Å². The van der Waals surface area contributed by atoms with E-state index in [2.05, 4.69) is 6.58 Å². The first-order valence-electron chi connectivity index (χ1n) is 1.12. The van der Waals surface area contributed by atoms with Gasteiger partial charge in [0.05, 0.1) is 0 Å². The maximum Gasteiger partial charge on any atom is 0.327 e. The van der Waals surface area contributed by atoms with Crippen molar-refractivity contribution in [1.82, 2.24) is 0 Å². The van der Waals surface area contributed by atoms with Crippen LogP contribution >= 0.6 is 0 Å². The molecule has 37 valence electrons. The van der Waals surface area contributed by atoms with Crippen LogP contribution in [0, 0.1) is 0 Å². The molecule has 0 spiro atoms. The van der Waals surface area contributed by atoms with Crippen LogP contribution in [0.1, 0.15) is 0 Å². The first kappa shape index (κ1) is 9.27. The summed E-state index contributed by atoms with van der Waals surface area (Å²) in [6, 6.07) is 0. The van der Waals surface area contributed by atoms with Crippen molar-refractivity contribution < 1.29 is 29.4 Å². The Morgan fingerprint density at radius 3 is 2.00 bits per heavy atom. The van der Waals surface area contributed by atoms with Gasteiger partial charge in [0, 0.05) is 25.6 Å². The first-order valence-corrected chi connectivity index (χ1v) is 1.12. The van der Waals surface area contributed by atoms with Gasteiger partial charge >= 0.3 is 5.97 Å². The minimum atomic E-state index is -0.981. The summed E-state index contributed by atoms with van der Waals surface area (Å²) in [4.78, 5) is 9.25. The third-order valence-corrected chi connectivity index (χ3v) is 0.175. The largest absolute Gasteiger partial charge is 0.478 e. The van der Waals surface area contributed by atoms with Crippen molar-refractivity contribution in [3.63, 3.8) is 0 Å². The second kappa shape index (κ2) is 4.83. The molecule has 0 aliphatic carbocycles. The number of carboxylic acids is 1. The van der Waals surface area contributed by atoms with Crippen LogP contribution in [0.15, 0.2) is 12.7 Å². The molecule has 0 aromatic heterocycles. The van der Waals surface area contributed by atoms with Crippen molar-refractivity contribution in [3.05, 3.63) is 12.7 Å². The molecule has 0 unspecified atom stereocenters. The van der Waals surface area contributed by atoms with Gasteiger partial charge in [0.15, 0.2) is 0 Å². The zero-order valence-electron chi connectivity index (χ0n) is 2.97. The van der Waals surface area contributed by atoms with Crippen LogP contribution in [0.25, 0.3) is 0 Å². The van der Waals surface area contributed by atoms with Gasteiger partial charge in [-0.25, -0.2) is 4.79 Å². The smallest absolute Gasteiger partial charge is 0.327 e. The molecule has 0 amide bonds. The Morgan fingerprint density at radius 2 is 2.00 bits per heavy atom. The standard InChI is InChI=1S/C3H4O2.Rh/c1-2-3(4)5;/h2H,1H2,(H,4,5);. The van der Waals surface area contributed by atoms with Crippen LogP contribution in [0.4, 0.5) is 0 Å². The van der Waals surface area contributed by atoms with E-state index in [1.54, 1.807) is 0 Å². The Morgan fingerprint density at radius 1 is 1.83 bits per heavy atom. The molecule has 0 aromatic rings. The SMILES string of the molecule is C=CC(=O)O.[Rh]. The number of hydrogen-bond donors (Lipinski definition) is 1. The molecule has 2 nitrogen and oxygen atoms in total. The molecule has 0 bridgehead atoms. The molecule has 0 saturated carbocycles. The van der Waals surface area contributed by atoms with Crippen LogP contribution in [0.3, 0.4) is 0 Å². The van der Waals surface area contributed by atoms with Crippen LogP contribution in [0.5, 0.6) is 0 Å². The summed E-state index contributed by atoms with van der Waals surface area (Å²) in [5, 5.41) is 7.60. The molecule has 3 heteroatoms. The summed E-state index contributed by atoms with van der Waals surface area (Å²) in [6.07, 6.45) is 0.833. The monoisotopic (exact) mass is 175 g/mol. The number of hydrogen-bond acceptors (Lipinski definition) is 1. The summed E-state index contributed by atoms with van der Waals surface area (Å²) in [5.74, 6) is -0.981. The topological polar surface area (TPSA) is 37.3 Å². The molecule has 0 atom stereocenters. The van der Waals surface area contributed by atoms with Crippen molar-refractivity contribution in [3.8, 4) is 0 Å². The second-order valence-corrected chi connectivity index (χ2v) is 0.542. The van der Waals surface area contributed by atoms with Crippen LogP contribution in [-0.4, -0.2) is 11.1 Å². The van der Waals surface area contributed by atoms with Gasteiger partial charge in [-0.1, -0.05) is 6.58 Å². The van der Waals surface area contributed by atoms with E-state index in [9.17, 15) is 4.79 Å². The van der Waals surface area contributed by atoms with Crippen molar-refractivity contribution in [2.24, 2.45) is 0 Å². The molecule has 0 heterocycles. The van der Waals surface area contributed by atoms with Crippen molar-refractivity contribution in [1.29, 1.82) is 0 Å². The molecule has 0 fully saturated rings. The van der Waals surface area contributed by atoms with E-state index in [-0.39, 0.29) is 19.5 Å². The number of carboxylic acid groups (broad SMARTS) is 1. The van der Waals surface area contributed by atoms with Gasteiger partial charge in [0.2, 0.25) is 0 Å². The minimum Gasteiger partial charge on any atom is -0.478 e. The van der Waals surface area contributed by atoms with Crippen LogP contribution in [0.2, 0.25) is 0 Å². The Bertz CT molecular complexity index is 59.8. The third kappa shape index (κ3) is 9.16. The van der Waals surface area contributed by atoms with Gasteiger partial charge in [-0.2, -0.15) is 0 Å². The van der Waals surface area contributed by atoms with E-state index in [1.807, 2.05) is 0 Å². The zero-order chi connectivity index (χ0) is 4.28. The summed E-state index contributed by atoms with van der Waals surface area (Å²) in [6.45, 7) is 2.96. The molecule has 0 saturated heterocycles. The molecule has 0 aromatic carbocycles. The fourth-order valence-corrected chi connectivity index (χ4v) is 0. The van der Waals surface area contributed by atoms with E-state index in [1.165, 1.54) is 0 Å². The zero-order valence-corrected chi connectivity index (χ0v) is 4.61. The Labute approximate surface area is 48.6 Å².